The second-order valence-electron chi connectivity index (χ2n) is 3.89. The summed E-state index contributed by atoms with van der Waals surface area (Å²) in [6.45, 7) is 0.302. The Morgan fingerprint density at radius 2 is 2.19 bits per heavy atom. The van der Waals surface area contributed by atoms with E-state index in [1.165, 1.54) is 6.20 Å². The fourth-order valence-corrected chi connectivity index (χ4v) is 1.89. The van der Waals surface area contributed by atoms with Gasteiger partial charge in [0.1, 0.15) is 0 Å². The van der Waals surface area contributed by atoms with Crippen LogP contribution in [0.2, 0.25) is 0 Å². The third kappa shape index (κ3) is 2.05. The van der Waals surface area contributed by atoms with Gasteiger partial charge in [0.15, 0.2) is 5.82 Å². The molecule has 0 amide bonds. The molecule has 16 heavy (non-hydrogen) atoms. The number of aromatic nitrogens is 1. The molecule has 2 heterocycles. The van der Waals surface area contributed by atoms with E-state index in [0.717, 1.165) is 0 Å². The van der Waals surface area contributed by atoms with Gasteiger partial charge in [-0.1, -0.05) is 0 Å². The molecule has 3 nitrogen and oxygen atoms in total. The summed E-state index contributed by atoms with van der Waals surface area (Å²) in [5, 5.41) is 0. The number of nitrogens with two attached hydrogens (primary N) is 1. The molecule has 1 saturated heterocycles. The Kier molecular flexibility index (Phi) is 2.65. The van der Waals surface area contributed by atoms with Crippen LogP contribution in [0.3, 0.4) is 0 Å². The van der Waals surface area contributed by atoms with E-state index < -0.39 is 12.1 Å². The fraction of sp³-hybridized carbons (Fsp3) is 0.500. The number of nitrogens with zero attached hydrogens (tertiary/aromatic N) is 2. The van der Waals surface area contributed by atoms with Crippen LogP contribution >= 0.6 is 0 Å². The molecule has 88 valence electrons. The molecule has 0 spiro atoms. The Labute approximate surface area is 91.1 Å². The van der Waals surface area contributed by atoms with Crippen molar-refractivity contribution in [1.29, 1.82) is 0 Å². The zero-order chi connectivity index (χ0) is 11.8. The molecular weight excluding hydrogens is 219 g/mol. The van der Waals surface area contributed by atoms with Gasteiger partial charge < -0.3 is 10.6 Å². The van der Waals surface area contributed by atoms with Crippen LogP contribution in [-0.2, 0) is 0 Å². The molecular formula is C10H12F3N3. The van der Waals surface area contributed by atoms with Crippen LogP contribution in [0.25, 0.3) is 0 Å². The lowest BCUT2D eigenvalue weighted by Crippen LogP contribution is -2.28. The first-order valence-corrected chi connectivity index (χ1v) is 5.00. The van der Waals surface area contributed by atoms with Gasteiger partial charge in [-0.15, -0.1) is 0 Å². The third-order valence-corrected chi connectivity index (χ3v) is 2.77. The van der Waals surface area contributed by atoms with Crippen LogP contribution in [0.1, 0.15) is 6.42 Å². The minimum atomic E-state index is -4.13. The van der Waals surface area contributed by atoms with Gasteiger partial charge in [0.05, 0.1) is 11.6 Å². The van der Waals surface area contributed by atoms with E-state index in [1.54, 1.807) is 17.0 Å². The lowest BCUT2D eigenvalue weighted by atomic mass is 10.1. The highest BCUT2D eigenvalue weighted by atomic mass is 19.4. The lowest BCUT2D eigenvalue weighted by molar-refractivity contribution is -0.168. The van der Waals surface area contributed by atoms with Crippen molar-refractivity contribution in [1.82, 2.24) is 4.98 Å². The predicted octanol–water partition coefficient (Wildman–Crippen LogP) is 2.05. The molecule has 0 saturated carbocycles. The van der Waals surface area contributed by atoms with Crippen LogP contribution in [-0.4, -0.2) is 24.2 Å². The Balaban J connectivity index is 2.13. The van der Waals surface area contributed by atoms with Crippen molar-refractivity contribution in [2.45, 2.75) is 12.6 Å². The van der Waals surface area contributed by atoms with E-state index in [1.807, 2.05) is 0 Å². The van der Waals surface area contributed by atoms with E-state index in [-0.39, 0.29) is 13.0 Å². The van der Waals surface area contributed by atoms with Gasteiger partial charge in [0.2, 0.25) is 0 Å². The molecule has 1 fully saturated rings. The maximum atomic E-state index is 12.5. The summed E-state index contributed by atoms with van der Waals surface area (Å²) in [6, 6.07) is 3.30. The first kappa shape index (κ1) is 11.0. The van der Waals surface area contributed by atoms with Gasteiger partial charge in [-0.25, -0.2) is 4.98 Å². The number of anilines is 2. The summed E-state index contributed by atoms with van der Waals surface area (Å²) in [4.78, 5) is 5.60. The number of hydrogen-bond donors (Lipinski definition) is 1. The average Bonchev–Trinajstić information content (AvgIpc) is 2.66. The summed E-state index contributed by atoms with van der Waals surface area (Å²) in [7, 11) is 0. The molecule has 1 atom stereocenters. The van der Waals surface area contributed by atoms with Crippen LogP contribution in [0.5, 0.6) is 0 Å². The van der Waals surface area contributed by atoms with Gasteiger partial charge in [-0.3, -0.25) is 0 Å². The van der Waals surface area contributed by atoms with E-state index in [9.17, 15) is 13.2 Å². The SMILES string of the molecule is Nc1cccnc1N1CC[C@H](C(F)(F)F)C1. The second-order valence-corrected chi connectivity index (χ2v) is 3.89. The molecule has 1 aliphatic heterocycles. The summed E-state index contributed by atoms with van der Waals surface area (Å²) < 4.78 is 37.4. The number of nitrogen functional groups attached to an aromatic ring is 1. The van der Waals surface area contributed by atoms with Gasteiger partial charge in [-0.05, 0) is 18.6 Å². The molecule has 1 aliphatic rings. The molecule has 0 unspecified atom stereocenters. The van der Waals surface area contributed by atoms with Crippen molar-refractivity contribution in [2.75, 3.05) is 23.7 Å². The van der Waals surface area contributed by atoms with Crippen LogP contribution < -0.4 is 10.6 Å². The maximum Gasteiger partial charge on any atom is 0.393 e. The van der Waals surface area contributed by atoms with Crippen molar-refractivity contribution in [3.63, 3.8) is 0 Å². The highest BCUT2D eigenvalue weighted by Crippen LogP contribution is 2.35. The minimum absolute atomic E-state index is 0.0509. The number of rotatable bonds is 1. The minimum Gasteiger partial charge on any atom is -0.396 e. The summed E-state index contributed by atoms with van der Waals surface area (Å²) in [6.07, 6.45) is -2.48. The monoisotopic (exact) mass is 231 g/mol. The first-order chi connectivity index (χ1) is 7.48. The van der Waals surface area contributed by atoms with Crippen LogP contribution in [0.15, 0.2) is 18.3 Å². The highest BCUT2D eigenvalue weighted by Gasteiger charge is 2.44. The van der Waals surface area contributed by atoms with Crippen molar-refractivity contribution < 1.29 is 13.2 Å². The van der Waals surface area contributed by atoms with Gasteiger partial charge in [-0.2, -0.15) is 13.2 Å². The van der Waals surface area contributed by atoms with E-state index in [4.69, 9.17) is 5.73 Å². The van der Waals surface area contributed by atoms with Gasteiger partial charge >= 0.3 is 6.18 Å². The van der Waals surface area contributed by atoms with Gasteiger partial charge in [0.25, 0.3) is 0 Å². The summed E-state index contributed by atoms with van der Waals surface area (Å²) >= 11 is 0. The number of alkyl halides is 3. The molecule has 0 bridgehead atoms. The predicted molar refractivity (Wildman–Crippen MR) is 55.0 cm³/mol. The summed E-state index contributed by atoms with van der Waals surface area (Å²) in [5.41, 5.74) is 6.09. The number of hydrogen-bond acceptors (Lipinski definition) is 3. The van der Waals surface area contributed by atoms with E-state index >= 15 is 0 Å². The normalized spacial score (nSPS) is 21.4. The molecule has 6 heteroatoms. The Morgan fingerprint density at radius 1 is 1.44 bits per heavy atom. The molecule has 0 aliphatic carbocycles. The molecule has 1 aromatic rings. The number of pyridine rings is 1. The standard InChI is InChI=1S/C10H12F3N3/c11-10(12,13)7-3-5-16(6-7)9-8(14)2-1-4-15-9/h1-2,4,7H,3,5-6,14H2/t7-/m0/s1. The Hall–Kier alpha value is -1.46. The molecule has 1 aromatic heterocycles. The lowest BCUT2D eigenvalue weighted by Gasteiger charge is -2.19. The van der Waals surface area contributed by atoms with E-state index in [2.05, 4.69) is 4.98 Å². The van der Waals surface area contributed by atoms with E-state index in [0.29, 0.717) is 18.1 Å². The first-order valence-electron chi connectivity index (χ1n) is 5.00. The van der Waals surface area contributed by atoms with Crippen LogP contribution in [0, 0.1) is 5.92 Å². The van der Waals surface area contributed by atoms with Crippen molar-refractivity contribution >= 4 is 11.5 Å². The summed E-state index contributed by atoms with van der Waals surface area (Å²) in [5.74, 6) is -0.817. The Bertz CT molecular complexity index is 378. The Morgan fingerprint density at radius 3 is 2.75 bits per heavy atom. The zero-order valence-electron chi connectivity index (χ0n) is 8.54. The number of halogens is 3. The van der Waals surface area contributed by atoms with Gasteiger partial charge in [0, 0.05) is 19.3 Å². The quantitative estimate of drug-likeness (QED) is 0.804. The third-order valence-electron chi connectivity index (χ3n) is 2.77. The maximum absolute atomic E-state index is 12.5. The van der Waals surface area contributed by atoms with Crippen molar-refractivity contribution in [3.05, 3.63) is 18.3 Å². The average molecular weight is 231 g/mol. The van der Waals surface area contributed by atoms with Crippen LogP contribution in [0.4, 0.5) is 24.7 Å². The molecule has 2 N–H and O–H groups in total. The van der Waals surface area contributed by atoms with Crippen molar-refractivity contribution in [2.24, 2.45) is 5.92 Å². The zero-order valence-corrected chi connectivity index (χ0v) is 8.54. The smallest absolute Gasteiger partial charge is 0.393 e. The molecule has 0 aromatic carbocycles. The highest BCUT2D eigenvalue weighted by molar-refractivity contribution is 5.62. The molecule has 0 radical (unpaired) electrons. The largest absolute Gasteiger partial charge is 0.396 e. The topological polar surface area (TPSA) is 42.1 Å². The van der Waals surface area contributed by atoms with Crippen molar-refractivity contribution in [3.8, 4) is 0 Å². The molecule has 2 rings (SSSR count). The second kappa shape index (κ2) is 3.84. The fourth-order valence-electron chi connectivity index (χ4n) is 1.89.